The van der Waals surface area contributed by atoms with Crippen molar-refractivity contribution in [2.75, 3.05) is 30.8 Å². The molecule has 0 radical (unpaired) electrons. The van der Waals surface area contributed by atoms with Crippen LogP contribution in [0.3, 0.4) is 0 Å². The molecule has 0 saturated carbocycles. The lowest BCUT2D eigenvalue weighted by molar-refractivity contribution is -0.192. The Kier molecular flexibility index (Phi) is 5.84. The van der Waals surface area contributed by atoms with Crippen molar-refractivity contribution in [3.05, 3.63) is 24.3 Å². The molecule has 2 aliphatic rings. The Morgan fingerprint density at radius 3 is 2.71 bits per heavy atom. The number of rotatable bonds is 3. The number of alkyl halides is 3. The number of carboxylic acid groups (broad SMARTS) is 1. The van der Waals surface area contributed by atoms with Crippen molar-refractivity contribution in [1.29, 1.82) is 0 Å². The first-order chi connectivity index (χ1) is 13.2. The van der Waals surface area contributed by atoms with E-state index in [4.69, 9.17) is 20.4 Å². The molecule has 4 rings (SSSR count). The highest BCUT2D eigenvalue weighted by molar-refractivity contribution is 5.88. The van der Waals surface area contributed by atoms with Crippen molar-refractivity contribution < 1.29 is 27.8 Å². The summed E-state index contributed by atoms with van der Waals surface area (Å²) in [4.78, 5) is 17.7. The zero-order valence-corrected chi connectivity index (χ0v) is 14.7. The van der Waals surface area contributed by atoms with E-state index in [0.717, 1.165) is 37.1 Å². The third-order valence-corrected chi connectivity index (χ3v) is 4.62. The molecule has 5 N–H and O–H groups in total. The number of halogens is 3. The molecule has 28 heavy (non-hydrogen) atoms. The lowest BCUT2D eigenvalue weighted by Gasteiger charge is -2.14. The number of benzene rings is 1. The van der Waals surface area contributed by atoms with Crippen LogP contribution >= 0.6 is 0 Å². The maximum atomic E-state index is 10.6. The van der Waals surface area contributed by atoms with Crippen LogP contribution in [-0.2, 0) is 9.53 Å². The summed E-state index contributed by atoms with van der Waals surface area (Å²) in [7, 11) is 0. The number of aromatic nitrogens is 2. The Hall–Kier alpha value is -2.66. The molecule has 11 heteroatoms. The zero-order valence-electron chi connectivity index (χ0n) is 14.7. The van der Waals surface area contributed by atoms with E-state index >= 15 is 0 Å². The van der Waals surface area contributed by atoms with Gasteiger partial charge in [0.15, 0.2) is 0 Å². The van der Waals surface area contributed by atoms with Crippen LogP contribution in [0, 0.1) is 5.92 Å². The molecule has 1 aromatic carbocycles. The van der Waals surface area contributed by atoms with Crippen LogP contribution < -0.4 is 16.4 Å². The predicted octanol–water partition coefficient (Wildman–Crippen LogP) is 1.63. The predicted molar refractivity (Wildman–Crippen MR) is 95.8 cm³/mol. The molecule has 0 aliphatic carbocycles. The molecule has 0 spiro atoms. The molecule has 0 bridgehead atoms. The molecule has 2 fully saturated rings. The number of hydrogen-bond donors (Lipinski definition) is 4. The van der Waals surface area contributed by atoms with E-state index in [9.17, 15) is 13.2 Å². The number of nitrogens with two attached hydrogens (primary N) is 1. The molecule has 2 aliphatic heterocycles. The number of hydrogen-bond acceptors (Lipinski definition) is 7. The van der Waals surface area contributed by atoms with Gasteiger partial charge >= 0.3 is 12.1 Å². The highest BCUT2D eigenvalue weighted by Gasteiger charge is 2.38. The minimum absolute atomic E-state index is 0.445. The molecule has 2 saturated heterocycles. The molecular weight excluding hydrogens is 379 g/mol. The molecule has 0 amide bonds. The van der Waals surface area contributed by atoms with Crippen LogP contribution in [0.1, 0.15) is 6.42 Å². The van der Waals surface area contributed by atoms with E-state index in [1.54, 1.807) is 0 Å². The molecule has 1 aromatic heterocycles. The number of para-hydroxylation sites is 1. The first kappa shape index (κ1) is 20.1. The van der Waals surface area contributed by atoms with Gasteiger partial charge in [-0.25, -0.2) is 9.78 Å². The summed E-state index contributed by atoms with van der Waals surface area (Å²) in [6.45, 7) is 2.53. The average molecular weight is 399 g/mol. The van der Waals surface area contributed by atoms with Crippen LogP contribution in [0.5, 0.6) is 0 Å². The maximum Gasteiger partial charge on any atom is 0.490 e. The molecule has 3 unspecified atom stereocenters. The summed E-state index contributed by atoms with van der Waals surface area (Å²) in [6, 6.07) is 8.75. The fourth-order valence-electron chi connectivity index (χ4n) is 3.29. The maximum absolute atomic E-state index is 10.6. The summed E-state index contributed by atoms with van der Waals surface area (Å²) in [5.74, 6) is -0.985. The van der Waals surface area contributed by atoms with E-state index in [1.165, 1.54) is 0 Å². The highest BCUT2D eigenvalue weighted by Crippen LogP contribution is 2.26. The first-order valence-corrected chi connectivity index (χ1v) is 8.64. The third kappa shape index (κ3) is 4.78. The van der Waals surface area contributed by atoms with E-state index < -0.39 is 12.1 Å². The summed E-state index contributed by atoms with van der Waals surface area (Å²) >= 11 is 0. The molecular formula is C17H20F3N5O3. The van der Waals surface area contributed by atoms with Crippen molar-refractivity contribution in [3.8, 4) is 0 Å². The summed E-state index contributed by atoms with van der Waals surface area (Å²) in [6.07, 6.45) is -3.94. The highest BCUT2D eigenvalue weighted by atomic mass is 19.4. The Balaban J connectivity index is 0.000000279. The van der Waals surface area contributed by atoms with Gasteiger partial charge in [-0.05, 0) is 18.6 Å². The minimum atomic E-state index is -5.08. The second-order valence-corrected chi connectivity index (χ2v) is 6.64. The fraction of sp³-hybridized carbons (Fsp3) is 0.471. The van der Waals surface area contributed by atoms with Crippen molar-refractivity contribution >= 4 is 28.6 Å². The summed E-state index contributed by atoms with van der Waals surface area (Å²) in [5.41, 5.74) is 6.86. The number of carboxylic acids is 1. The first-order valence-electron chi connectivity index (χ1n) is 8.64. The van der Waals surface area contributed by atoms with Crippen LogP contribution in [0.4, 0.5) is 24.9 Å². The van der Waals surface area contributed by atoms with E-state index in [2.05, 4.69) is 20.6 Å². The molecule has 3 heterocycles. The van der Waals surface area contributed by atoms with Crippen molar-refractivity contribution in [2.24, 2.45) is 5.92 Å². The standard InChI is InChI=1S/C15H19N5O.C2HF3O2/c16-14-11-3-1-2-4-12(11)19-15(20-14)17-6-10-5-9-7-21-8-13(9)18-10;3-2(4,5)1(6)7/h1-4,9-10,13,18H,5-8H2,(H3,16,17,19,20);(H,6,7). The normalized spacial score (nSPS) is 23.8. The second kappa shape index (κ2) is 8.15. The van der Waals surface area contributed by atoms with Gasteiger partial charge in [-0.1, -0.05) is 12.1 Å². The fourth-order valence-corrected chi connectivity index (χ4v) is 3.29. The van der Waals surface area contributed by atoms with Crippen LogP contribution in [0.2, 0.25) is 0 Å². The topological polar surface area (TPSA) is 122 Å². The Morgan fingerprint density at radius 2 is 2.04 bits per heavy atom. The SMILES string of the molecule is Nc1nc(NCC2CC3COCC3N2)nc2ccccc12.O=C(O)C(F)(F)F. The summed E-state index contributed by atoms with van der Waals surface area (Å²) in [5, 5.41) is 14.9. The largest absolute Gasteiger partial charge is 0.490 e. The van der Waals surface area contributed by atoms with Gasteiger partial charge in [-0.3, -0.25) is 0 Å². The molecule has 2 aromatic rings. The Morgan fingerprint density at radius 1 is 1.32 bits per heavy atom. The van der Waals surface area contributed by atoms with Crippen molar-refractivity contribution in [2.45, 2.75) is 24.7 Å². The second-order valence-electron chi connectivity index (χ2n) is 6.64. The van der Waals surface area contributed by atoms with E-state index in [-0.39, 0.29) is 0 Å². The quantitative estimate of drug-likeness (QED) is 0.614. The molecule has 3 atom stereocenters. The van der Waals surface area contributed by atoms with Gasteiger partial charge in [0.2, 0.25) is 5.95 Å². The summed E-state index contributed by atoms with van der Waals surface area (Å²) < 4.78 is 37.2. The van der Waals surface area contributed by atoms with Gasteiger partial charge < -0.3 is 26.2 Å². The van der Waals surface area contributed by atoms with Gasteiger partial charge in [0.25, 0.3) is 0 Å². The van der Waals surface area contributed by atoms with Gasteiger partial charge in [0, 0.05) is 29.9 Å². The number of nitrogens with zero attached hydrogens (tertiary/aromatic N) is 2. The number of aliphatic carboxylic acids is 1. The Labute approximate surface area is 158 Å². The van der Waals surface area contributed by atoms with Gasteiger partial charge in [0.1, 0.15) is 5.82 Å². The van der Waals surface area contributed by atoms with Crippen LogP contribution in [0.15, 0.2) is 24.3 Å². The lowest BCUT2D eigenvalue weighted by Crippen LogP contribution is -2.36. The lowest BCUT2D eigenvalue weighted by atomic mass is 10.0. The van der Waals surface area contributed by atoms with Crippen molar-refractivity contribution in [1.82, 2.24) is 15.3 Å². The Bertz CT molecular complexity index is 836. The smallest absolute Gasteiger partial charge is 0.475 e. The average Bonchev–Trinajstić information content (AvgIpc) is 3.21. The number of fused-ring (bicyclic) bond motifs is 2. The number of carbonyl (C=O) groups is 1. The third-order valence-electron chi connectivity index (χ3n) is 4.62. The minimum Gasteiger partial charge on any atom is -0.475 e. The number of anilines is 2. The van der Waals surface area contributed by atoms with Gasteiger partial charge in [-0.15, -0.1) is 0 Å². The van der Waals surface area contributed by atoms with Gasteiger partial charge in [0.05, 0.1) is 18.7 Å². The monoisotopic (exact) mass is 399 g/mol. The van der Waals surface area contributed by atoms with Gasteiger partial charge in [-0.2, -0.15) is 18.2 Å². The van der Waals surface area contributed by atoms with Crippen molar-refractivity contribution in [3.63, 3.8) is 0 Å². The number of nitrogens with one attached hydrogen (secondary N) is 2. The number of nitrogen functional groups attached to an aromatic ring is 1. The van der Waals surface area contributed by atoms with E-state index in [1.807, 2.05) is 24.3 Å². The zero-order chi connectivity index (χ0) is 20.3. The molecule has 152 valence electrons. The van der Waals surface area contributed by atoms with Crippen LogP contribution in [-0.4, -0.2) is 59.1 Å². The number of ether oxygens (including phenoxy) is 1. The van der Waals surface area contributed by atoms with E-state index in [0.29, 0.717) is 29.8 Å². The van der Waals surface area contributed by atoms with Crippen LogP contribution in [0.25, 0.3) is 10.9 Å². The molecule has 8 nitrogen and oxygen atoms in total.